The Balaban J connectivity index is 1.03. The summed E-state index contributed by atoms with van der Waals surface area (Å²) < 4.78 is 4.72. The van der Waals surface area contributed by atoms with Crippen LogP contribution >= 0.6 is 0 Å². The summed E-state index contributed by atoms with van der Waals surface area (Å²) in [6, 6.07) is 70.7. The Morgan fingerprint density at radius 2 is 0.950 bits per heavy atom. The number of benzene rings is 10. The quantitative estimate of drug-likeness (QED) is 0.180. The molecule has 60 heavy (non-hydrogen) atoms. The molecule has 1 aliphatic carbocycles. The number of hydrogen-bond donors (Lipinski definition) is 0. The first kappa shape index (κ1) is 31.9. The van der Waals surface area contributed by atoms with E-state index in [0.717, 1.165) is 44.3 Å². The fourth-order valence-electron chi connectivity index (χ4n) is 10.4. The van der Waals surface area contributed by atoms with E-state index in [1.54, 1.807) is 0 Å². The molecule has 1 aliphatic rings. The van der Waals surface area contributed by atoms with E-state index in [1.807, 2.05) is 0 Å². The topological polar surface area (TPSA) is 35.6 Å². The molecule has 3 aromatic heterocycles. The molecule has 0 bridgehead atoms. The highest BCUT2D eigenvalue weighted by atomic mass is 15.2. The van der Waals surface area contributed by atoms with Crippen molar-refractivity contribution in [2.45, 2.75) is 0 Å². The van der Waals surface area contributed by atoms with Gasteiger partial charge in [-0.05, 0) is 91.6 Å². The van der Waals surface area contributed by atoms with E-state index < -0.39 is 0 Å². The third-order valence-corrected chi connectivity index (χ3v) is 13.0. The van der Waals surface area contributed by atoms with Crippen LogP contribution in [0.1, 0.15) is 0 Å². The molecule has 0 spiro atoms. The second-order valence-electron chi connectivity index (χ2n) is 16.1. The van der Waals surface area contributed by atoms with Gasteiger partial charge in [0.1, 0.15) is 0 Å². The van der Waals surface area contributed by atoms with Crippen LogP contribution < -0.4 is 0 Å². The molecule has 0 fully saturated rings. The molecule has 14 rings (SSSR count). The lowest BCUT2D eigenvalue weighted by molar-refractivity contribution is 1.01. The molecule has 0 aliphatic heterocycles. The van der Waals surface area contributed by atoms with Crippen molar-refractivity contribution in [2.24, 2.45) is 0 Å². The summed E-state index contributed by atoms with van der Waals surface area (Å²) in [6.07, 6.45) is 0. The zero-order chi connectivity index (χ0) is 39.1. The highest BCUT2D eigenvalue weighted by Crippen LogP contribution is 2.50. The summed E-state index contributed by atoms with van der Waals surface area (Å²) in [5.41, 5.74) is 13.8. The van der Waals surface area contributed by atoms with Gasteiger partial charge in [0.05, 0.1) is 33.3 Å². The molecule has 0 radical (unpaired) electrons. The van der Waals surface area contributed by atoms with E-state index in [9.17, 15) is 0 Å². The minimum absolute atomic E-state index is 0.658. The van der Waals surface area contributed by atoms with Gasteiger partial charge in [0, 0.05) is 43.6 Å². The summed E-state index contributed by atoms with van der Waals surface area (Å²) in [5.74, 6) is 0.658. The maximum absolute atomic E-state index is 5.58. The van der Waals surface area contributed by atoms with Crippen LogP contribution in [0.2, 0.25) is 0 Å². The second-order valence-corrected chi connectivity index (χ2v) is 16.1. The minimum Gasteiger partial charge on any atom is -0.309 e. The van der Waals surface area contributed by atoms with Gasteiger partial charge in [-0.15, -0.1) is 0 Å². The van der Waals surface area contributed by atoms with E-state index in [1.165, 1.54) is 81.8 Å². The van der Waals surface area contributed by atoms with Crippen molar-refractivity contribution < 1.29 is 0 Å². The van der Waals surface area contributed by atoms with E-state index >= 15 is 0 Å². The Bertz CT molecular complexity index is 3990. The predicted octanol–water partition coefficient (Wildman–Crippen LogP) is 14.6. The monoisotopic (exact) mass is 760 g/mol. The Labute approximate surface area is 343 Å². The van der Waals surface area contributed by atoms with Crippen LogP contribution in [0.15, 0.2) is 194 Å². The number of hydrogen-bond acceptors (Lipinski definition) is 2. The lowest BCUT2D eigenvalue weighted by atomic mass is 9.95. The van der Waals surface area contributed by atoms with Gasteiger partial charge in [-0.25, -0.2) is 9.97 Å². The molecule has 3 heterocycles. The van der Waals surface area contributed by atoms with E-state index in [0.29, 0.717) is 5.95 Å². The van der Waals surface area contributed by atoms with E-state index in [-0.39, 0.29) is 0 Å². The molecular weight excluding hydrogens is 729 g/mol. The summed E-state index contributed by atoms with van der Waals surface area (Å²) in [6.45, 7) is 0. The number of rotatable bonds is 3. The third-order valence-electron chi connectivity index (χ3n) is 13.0. The second kappa shape index (κ2) is 11.8. The first-order chi connectivity index (χ1) is 29.8. The zero-order valence-electron chi connectivity index (χ0n) is 32.3. The molecule has 0 atom stereocenters. The van der Waals surface area contributed by atoms with Crippen LogP contribution in [-0.2, 0) is 0 Å². The number of para-hydroxylation sites is 3. The summed E-state index contributed by atoms with van der Waals surface area (Å²) in [5, 5.41) is 13.2. The van der Waals surface area contributed by atoms with Crippen LogP contribution in [0.25, 0.3) is 132 Å². The summed E-state index contributed by atoms with van der Waals surface area (Å²) in [7, 11) is 0. The molecule has 0 N–H and O–H groups in total. The molecule has 0 unspecified atom stereocenters. The highest BCUT2D eigenvalue weighted by Gasteiger charge is 2.25. The molecule has 10 aromatic carbocycles. The third kappa shape index (κ3) is 4.24. The zero-order valence-corrected chi connectivity index (χ0v) is 32.3. The summed E-state index contributed by atoms with van der Waals surface area (Å²) in [4.78, 5) is 10.9. The smallest absolute Gasteiger partial charge is 0.235 e. The predicted molar refractivity (Wildman–Crippen MR) is 251 cm³/mol. The molecule has 4 nitrogen and oxygen atoms in total. The van der Waals surface area contributed by atoms with Gasteiger partial charge in [-0.1, -0.05) is 152 Å². The fourth-order valence-corrected chi connectivity index (χ4v) is 10.4. The van der Waals surface area contributed by atoms with Gasteiger partial charge in [0.2, 0.25) is 5.95 Å². The Morgan fingerprint density at radius 3 is 1.80 bits per heavy atom. The molecule has 4 heteroatoms. The van der Waals surface area contributed by atoms with Crippen molar-refractivity contribution >= 4 is 86.8 Å². The van der Waals surface area contributed by atoms with Gasteiger partial charge in [-0.3, -0.25) is 4.57 Å². The average Bonchev–Trinajstić information content (AvgIpc) is 3.94. The van der Waals surface area contributed by atoms with Crippen molar-refractivity contribution in [2.75, 3.05) is 0 Å². The first-order valence-corrected chi connectivity index (χ1v) is 20.6. The van der Waals surface area contributed by atoms with Crippen LogP contribution in [0.4, 0.5) is 0 Å². The molecular formula is C56H32N4. The normalized spacial score (nSPS) is 12.3. The highest BCUT2D eigenvalue weighted by molar-refractivity contribution is 6.21. The van der Waals surface area contributed by atoms with Gasteiger partial charge < -0.3 is 4.57 Å². The van der Waals surface area contributed by atoms with Crippen molar-refractivity contribution in [3.05, 3.63) is 194 Å². The number of nitrogens with zero attached hydrogens (tertiary/aromatic N) is 4. The first-order valence-electron chi connectivity index (χ1n) is 20.6. The summed E-state index contributed by atoms with van der Waals surface area (Å²) >= 11 is 0. The lowest BCUT2D eigenvalue weighted by Gasteiger charge is -2.14. The van der Waals surface area contributed by atoms with Gasteiger partial charge in [0.15, 0.2) is 0 Å². The van der Waals surface area contributed by atoms with Gasteiger partial charge in [-0.2, -0.15) is 0 Å². The number of aromatic nitrogens is 4. The van der Waals surface area contributed by atoms with E-state index in [2.05, 4.69) is 203 Å². The number of fused-ring (bicyclic) bond motifs is 13. The Hall–Kier alpha value is -8.08. The van der Waals surface area contributed by atoms with Gasteiger partial charge in [0.25, 0.3) is 0 Å². The molecule has 0 amide bonds. The van der Waals surface area contributed by atoms with Crippen molar-refractivity contribution in [3.63, 3.8) is 0 Å². The minimum atomic E-state index is 0.658. The maximum atomic E-state index is 5.58. The lowest BCUT2D eigenvalue weighted by Crippen LogP contribution is -2.03. The molecule has 0 saturated heterocycles. The largest absolute Gasteiger partial charge is 0.309 e. The van der Waals surface area contributed by atoms with Crippen LogP contribution in [0, 0.1) is 0 Å². The van der Waals surface area contributed by atoms with Crippen LogP contribution in [0.5, 0.6) is 0 Å². The standard InChI is InChI=1S/C56H32N4/c1-2-13-37-33(12-1)25-27-46-40-16-6-9-22-50(40)59(55(37)46)36-26-24-34-31-48-41-17-7-10-23-51(41)60(52(48)32-35(34)30-36)56-57-49-21-8-5-18-47(49)54(58-56)45-29-28-44-39-15-4-3-14-38(39)42-19-11-20-43(45)53(42)44/h1-32H. The maximum Gasteiger partial charge on any atom is 0.235 e. The van der Waals surface area contributed by atoms with Crippen molar-refractivity contribution in [3.8, 4) is 45.1 Å². The average molecular weight is 761 g/mol. The SMILES string of the molecule is c1ccc2c(c1)-c1cccc3c(-c4nc(-n5c6ccccc6c6cc7ccc(-n8c9ccccc9c9ccc%10ccccc%10c98)cc7cc65)nc5ccccc45)ccc-2c13. The van der Waals surface area contributed by atoms with Crippen molar-refractivity contribution in [1.29, 1.82) is 0 Å². The van der Waals surface area contributed by atoms with Crippen molar-refractivity contribution in [1.82, 2.24) is 19.1 Å². The Morgan fingerprint density at radius 1 is 0.317 bits per heavy atom. The van der Waals surface area contributed by atoms with E-state index in [4.69, 9.17) is 9.97 Å². The van der Waals surface area contributed by atoms with Crippen LogP contribution in [-0.4, -0.2) is 19.1 Å². The molecule has 0 saturated carbocycles. The Kier molecular flexibility index (Phi) is 6.26. The van der Waals surface area contributed by atoms with Crippen LogP contribution in [0.3, 0.4) is 0 Å². The molecule has 13 aromatic rings. The van der Waals surface area contributed by atoms with Gasteiger partial charge >= 0.3 is 0 Å². The fraction of sp³-hybridized carbons (Fsp3) is 0. The molecule has 276 valence electrons.